The summed E-state index contributed by atoms with van der Waals surface area (Å²) in [7, 11) is 0. The van der Waals surface area contributed by atoms with Crippen molar-refractivity contribution in [3.63, 3.8) is 0 Å². The predicted octanol–water partition coefficient (Wildman–Crippen LogP) is 3.44. The second-order valence-corrected chi connectivity index (χ2v) is 7.79. The van der Waals surface area contributed by atoms with Crippen LogP contribution in [-0.4, -0.2) is 40.4 Å². The summed E-state index contributed by atoms with van der Waals surface area (Å²) in [4.78, 5) is 35.5. The fourth-order valence-electron chi connectivity index (χ4n) is 3.03. The Kier molecular flexibility index (Phi) is 6.77. The van der Waals surface area contributed by atoms with Crippen molar-refractivity contribution in [2.45, 2.75) is 25.8 Å². The van der Waals surface area contributed by atoms with Crippen molar-refractivity contribution < 1.29 is 19.5 Å². The lowest BCUT2D eigenvalue weighted by atomic mass is 10.1. The minimum absolute atomic E-state index is 0.0594. The maximum atomic E-state index is 12.2. The number of rotatable bonds is 8. The first kappa shape index (κ1) is 20.7. The molecule has 1 aliphatic heterocycles. The maximum absolute atomic E-state index is 12.2. The number of aryl methyl sites for hydroxylation is 1. The third-order valence-electron chi connectivity index (χ3n) is 4.60. The second-order valence-electron chi connectivity index (χ2n) is 6.64. The Morgan fingerprint density at radius 2 is 1.97 bits per heavy atom. The predicted molar refractivity (Wildman–Crippen MR) is 116 cm³/mol. The average molecular weight is 413 g/mol. The van der Waals surface area contributed by atoms with Crippen LogP contribution in [0.25, 0.3) is 0 Å². The Hall–Kier alpha value is -3.00. The van der Waals surface area contributed by atoms with Crippen molar-refractivity contribution in [2.24, 2.45) is 0 Å². The number of carbonyl (C=O) groups is 3. The lowest BCUT2D eigenvalue weighted by molar-refractivity contribution is -0.117. The lowest BCUT2D eigenvalue weighted by Gasteiger charge is -2.26. The summed E-state index contributed by atoms with van der Waals surface area (Å²) in [5.41, 5.74) is 3.24. The fourth-order valence-corrected chi connectivity index (χ4v) is 3.99. The molecule has 2 aromatic rings. The van der Waals surface area contributed by atoms with E-state index < -0.39 is 12.0 Å². The quantitative estimate of drug-likeness (QED) is 0.494. The number of carboxylic acid groups (broad SMARTS) is 1. The zero-order chi connectivity index (χ0) is 20.8. The van der Waals surface area contributed by atoms with Crippen molar-refractivity contribution in [1.82, 2.24) is 0 Å². The van der Waals surface area contributed by atoms with E-state index >= 15 is 0 Å². The van der Waals surface area contributed by atoms with Gasteiger partial charge in [0, 0.05) is 23.6 Å². The van der Waals surface area contributed by atoms with E-state index in [1.54, 1.807) is 6.07 Å². The van der Waals surface area contributed by atoms with Crippen LogP contribution < -0.4 is 16.0 Å². The second kappa shape index (κ2) is 9.47. The highest BCUT2D eigenvalue weighted by Gasteiger charge is 2.26. The van der Waals surface area contributed by atoms with Gasteiger partial charge in [-0.25, -0.2) is 4.79 Å². The van der Waals surface area contributed by atoms with Crippen LogP contribution in [0.5, 0.6) is 0 Å². The standard InChI is InChI=1S/C21H23N3O4S/c1-2-13-5-3-4-6-15(13)23-19(25)9-10-29-12-18-20(26)24-16-8-7-14(21(27)28)11-17(16)22-18/h3-8,11,18,22H,2,9-10,12H2,1H3,(H,23,25)(H,24,26)(H,27,28). The average Bonchev–Trinajstić information content (AvgIpc) is 2.71. The van der Waals surface area contributed by atoms with Crippen molar-refractivity contribution >= 4 is 46.6 Å². The number of fused-ring (bicyclic) bond motifs is 1. The maximum Gasteiger partial charge on any atom is 0.335 e. The molecule has 3 rings (SSSR count). The van der Waals surface area contributed by atoms with Gasteiger partial charge < -0.3 is 21.1 Å². The number of para-hydroxylation sites is 1. The van der Waals surface area contributed by atoms with E-state index in [1.807, 2.05) is 31.2 Å². The molecule has 0 spiro atoms. The molecule has 0 fully saturated rings. The Morgan fingerprint density at radius 1 is 1.17 bits per heavy atom. The van der Waals surface area contributed by atoms with Crippen LogP contribution in [0, 0.1) is 0 Å². The van der Waals surface area contributed by atoms with Crippen LogP contribution in [-0.2, 0) is 16.0 Å². The van der Waals surface area contributed by atoms with Crippen LogP contribution in [0.15, 0.2) is 42.5 Å². The number of aromatic carboxylic acids is 1. The van der Waals surface area contributed by atoms with Gasteiger partial charge in [0.15, 0.2) is 0 Å². The van der Waals surface area contributed by atoms with Crippen LogP contribution in [0.4, 0.5) is 17.1 Å². The zero-order valence-electron chi connectivity index (χ0n) is 16.0. The third-order valence-corrected chi connectivity index (χ3v) is 5.66. The number of benzene rings is 2. The molecule has 0 saturated carbocycles. The van der Waals surface area contributed by atoms with Gasteiger partial charge in [0.2, 0.25) is 11.8 Å². The zero-order valence-corrected chi connectivity index (χ0v) is 16.8. The van der Waals surface area contributed by atoms with E-state index in [2.05, 4.69) is 16.0 Å². The number of carbonyl (C=O) groups excluding carboxylic acids is 2. The molecule has 2 aromatic carbocycles. The Labute approximate surface area is 173 Å². The molecule has 152 valence electrons. The topological polar surface area (TPSA) is 108 Å². The lowest BCUT2D eigenvalue weighted by Crippen LogP contribution is -2.40. The monoisotopic (exact) mass is 413 g/mol. The van der Waals surface area contributed by atoms with Gasteiger partial charge in [-0.05, 0) is 36.2 Å². The minimum Gasteiger partial charge on any atom is -0.478 e. The molecule has 1 atom stereocenters. The van der Waals surface area contributed by atoms with Gasteiger partial charge in [0.1, 0.15) is 6.04 Å². The highest BCUT2D eigenvalue weighted by atomic mass is 32.2. The molecular weight excluding hydrogens is 390 g/mol. The molecule has 0 aliphatic carbocycles. The molecule has 0 saturated heterocycles. The van der Waals surface area contributed by atoms with E-state index in [4.69, 9.17) is 5.11 Å². The van der Waals surface area contributed by atoms with Gasteiger partial charge in [-0.15, -0.1) is 0 Å². The normalized spacial score (nSPS) is 15.1. The molecule has 29 heavy (non-hydrogen) atoms. The van der Waals surface area contributed by atoms with E-state index in [0.717, 1.165) is 17.7 Å². The number of thioether (sulfide) groups is 1. The molecule has 1 aliphatic rings. The summed E-state index contributed by atoms with van der Waals surface area (Å²) in [6, 6.07) is 11.8. The molecule has 4 N–H and O–H groups in total. The van der Waals surface area contributed by atoms with Gasteiger partial charge >= 0.3 is 5.97 Å². The largest absolute Gasteiger partial charge is 0.478 e. The smallest absolute Gasteiger partial charge is 0.335 e. The van der Waals surface area contributed by atoms with Crippen LogP contribution in [0.2, 0.25) is 0 Å². The van der Waals surface area contributed by atoms with Gasteiger partial charge in [-0.3, -0.25) is 9.59 Å². The molecule has 1 unspecified atom stereocenters. The number of hydrogen-bond donors (Lipinski definition) is 4. The van der Waals surface area contributed by atoms with E-state index in [-0.39, 0.29) is 17.4 Å². The molecule has 0 aromatic heterocycles. The first-order valence-electron chi connectivity index (χ1n) is 9.38. The summed E-state index contributed by atoms with van der Waals surface area (Å²) in [5, 5.41) is 17.9. The van der Waals surface area contributed by atoms with Gasteiger partial charge in [0.25, 0.3) is 0 Å². The highest BCUT2D eigenvalue weighted by molar-refractivity contribution is 7.99. The number of carboxylic acids is 1. The van der Waals surface area contributed by atoms with Crippen LogP contribution in [0.3, 0.4) is 0 Å². The Morgan fingerprint density at radius 3 is 2.72 bits per heavy atom. The summed E-state index contributed by atoms with van der Waals surface area (Å²) in [5.74, 6) is -0.201. The Balaban J connectivity index is 1.48. The summed E-state index contributed by atoms with van der Waals surface area (Å²) >= 11 is 1.50. The Bertz CT molecular complexity index is 932. The van der Waals surface area contributed by atoms with Crippen molar-refractivity contribution in [3.8, 4) is 0 Å². The number of anilines is 3. The molecule has 1 heterocycles. The van der Waals surface area contributed by atoms with Gasteiger partial charge in [0.05, 0.1) is 16.9 Å². The summed E-state index contributed by atoms with van der Waals surface area (Å²) in [6.45, 7) is 2.04. The number of hydrogen-bond acceptors (Lipinski definition) is 5. The first-order chi connectivity index (χ1) is 14.0. The van der Waals surface area contributed by atoms with Crippen molar-refractivity contribution in [2.75, 3.05) is 27.5 Å². The summed E-state index contributed by atoms with van der Waals surface area (Å²) in [6.07, 6.45) is 1.19. The number of amides is 2. The van der Waals surface area contributed by atoms with E-state index in [0.29, 0.717) is 29.3 Å². The van der Waals surface area contributed by atoms with E-state index in [1.165, 1.54) is 23.9 Å². The minimum atomic E-state index is -1.02. The van der Waals surface area contributed by atoms with Gasteiger partial charge in [-0.2, -0.15) is 11.8 Å². The van der Waals surface area contributed by atoms with E-state index in [9.17, 15) is 14.4 Å². The molecule has 7 nitrogen and oxygen atoms in total. The van der Waals surface area contributed by atoms with Crippen LogP contribution >= 0.6 is 11.8 Å². The van der Waals surface area contributed by atoms with Crippen LogP contribution in [0.1, 0.15) is 29.3 Å². The highest BCUT2D eigenvalue weighted by Crippen LogP contribution is 2.29. The molecule has 0 radical (unpaired) electrons. The molecular formula is C21H23N3O4S. The molecule has 8 heteroatoms. The summed E-state index contributed by atoms with van der Waals surface area (Å²) < 4.78 is 0. The third kappa shape index (κ3) is 5.29. The fraction of sp³-hybridized carbons (Fsp3) is 0.286. The SMILES string of the molecule is CCc1ccccc1NC(=O)CCSCC1Nc2cc(C(=O)O)ccc2NC1=O. The molecule has 2 amide bonds. The first-order valence-corrected chi connectivity index (χ1v) is 10.5. The number of nitrogens with one attached hydrogen (secondary N) is 3. The van der Waals surface area contributed by atoms with Crippen molar-refractivity contribution in [1.29, 1.82) is 0 Å². The van der Waals surface area contributed by atoms with Gasteiger partial charge in [-0.1, -0.05) is 25.1 Å². The molecule has 0 bridgehead atoms. The van der Waals surface area contributed by atoms with Crippen molar-refractivity contribution in [3.05, 3.63) is 53.6 Å².